The van der Waals surface area contributed by atoms with Crippen LogP contribution < -0.4 is 14.8 Å². The summed E-state index contributed by atoms with van der Waals surface area (Å²) < 4.78 is 24.4. The molecule has 0 aliphatic rings. The van der Waals surface area contributed by atoms with Crippen molar-refractivity contribution in [3.05, 3.63) is 52.3 Å². The van der Waals surface area contributed by atoms with Crippen molar-refractivity contribution >= 4 is 21.6 Å². The number of halogens is 2. The summed E-state index contributed by atoms with van der Waals surface area (Å²) in [7, 11) is 3.23. The van der Waals surface area contributed by atoms with E-state index in [2.05, 4.69) is 21.2 Å². The van der Waals surface area contributed by atoms with Crippen molar-refractivity contribution in [2.45, 2.75) is 6.54 Å². The van der Waals surface area contributed by atoms with E-state index >= 15 is 0 Å². The number of methoxy groups -OCH3 is 2. The number of benzene rings is 2. The highest BCUT2D eigenvalue weighted by Crippen LogP contribution is 2.25. The molecule has 0 unspecified atom stereocenters. The first-order chi connectivity index (χ1) is 9.63. The zero-order chi connectivity index (χ0) is 14.5. The molecule has 0 aliphatic heterocycles. The molecule has 0 aliphatic carbocycles. The van der Waals surface area contributed by atoms with Crippen molar-refractivity contribution in [1.82, 2.24) is 0 Å². The van der Waals surface area contributed by atoms with Gasteiger partial charge in [-0.2, -0.15) is 0 Å². The molecule has 0 aromatic heterocycles. The second kappa shape index (κ2) is 6.61. The molecule has 5 heteroatoms. The fourth-order valence-corrected chi connectivity index (χ4v) is 2.07. The van der Waals surface area contributed by atoms with E-state index in [1.54, 1.807) is 26.4 Å². The van der Waals surface area contributed by atoms with Crippen LogP contribution in [0.3, 0.4) is 0 Å². The summed E-state index contributed by atoms with van der Waals surface area (Å²) in [4.78, 5) is 0. The molecular formula is C15H15BrFNO2. The number of ether oxygens (including phenoxy) is 2. The van der Waals surface area contributed by atoms with Crippen LogP contribution in [0.15, 0.2) is 40.9 Å². The molecule has 0 heterocycles. The van der Waals surface area contributed by atoms with Gasteiger partial charge in [-0.05, 0) is 52.3 Å². The lowest BCUT2D eigenvalue weighted by atomic mass is 10.2. The molecule has 0 spiro atoms. The normalized spacial score (nSPS) is 10.2. The van der Waals surface area contributed by atoms with E-state index < -0.39 is 0 Å². The first kappa shape index (κ1) is 14.7. The summed E-state index contributed by atoms with van der Waals surface area (Å²) in [5.74, 6) is 1.22. The predicted molar refractivity (Wildman–Crippen MR) is 81.0 cm³/mol. The average molecular weight is 340 g/mol. The fraction of sp³-hybridized carbons (Fsp3) is 0.200. The number of nitrogens with one attached hydrogen (secondary N) is 1. The lowest BCUT2D eigenvalue weighted by Crippen LogP contribution is -2.02. The van der Waals surface area contributed by atoms with Crippen molar-refractivity contribution in [3.63, 3.8) is 0 Å². The van der Waals surface area contributed by atoms with Gasteiger partial charge in [-0.25, -0.2) is 4.39 Å². The third kappa shape index (κ3) is 3.42. The van der Waals surface area contributed by atoms with Crippen LogP contribution >= 0.6 is 15.9 Å². The van der Waals surface area contributed by atoms with Crippen molar-refractivity contribution in [2.24, 2.45) is 0 Å². The van der Waals surface area contributed by atoms with E-state index in [0.29, 0.717) is 16.7 Å². The van der Waals surface area contributed by atoms with E-state index in [1.807, 2.05) is 18.2 Å². The molecule has 0 saturated carbocycles. The van der Waals surface area contributed by atoms with E-state index in [1.165, 1.54) is 6.07 Å². The van der Waals surface area contributed by atoms with Gasteiger partial charge in [0.25, 0.3) is 0 Å². The van der Waals surface area contributed by atoms with E-state index in [4.69, 9.17) is 9.47 Å². The highest BCUT2D eigenvalue weighted by Gasteiger charge is 2.06. The molecule has 3 nitrogen and oxygen atoms in total. The van der Waals surface area contributed by atoms with Gasteiger partial charge >= 0.3 is 0 Å². The van der Waals surface area contributed by atoms with Crippen LogP contribution in [-0.4, -0.2) is 14.2 Å². The quantitative estimate of drug-likeness (QED) is 0.884. The molecule has 0 fully saturated rings. The van der Waals surface area contributed by atoms with Crippen molar-refractivity contribution in [3.8, 4) is 11.5 Å². The lowest BCUT2D eigenvalue weighted by molar-refractivity contribution is 0.399. The summed E-state index contributed by atoms with van der Waals surface area (Å²) in [6, 6.07) is 10.5. The molecule has 0 radical (unpaired) electrons. The molecule has 2 aromatic rings. The zero-order valence-corrected chi connectivity index (χ0v) is 12.8. The van der Waals surface area contributed by atoms with Crippen LogP contribution in [0, 0.1) is 5.82 Å². The van der Waals surface area contributed by atoms with Gasteiger partial charge < -0.3 is 14.8 Å². The maximum absolute atomic E-state index is 13.4. The number of hydrogen-bond acceptors (Lipinski definition) is 3. The first-order valence-corrected chi connectivity index (χ1v) is 6.83. The van der Waals surface area contributed by atoms with Crippen LogP contribution in [0.5, 0.6) is 11.5 Å². The van der Waals surface area contributed by atoms with Gasteiger partial charge in [-0.3, -0.25) is 0 Å². The Kier molecular flexibility index (Phi) is 4.84. The average Bonchev–Trinajstić information content (AvgIpc) is 2.48. The maximum Gasteiger partial charge on any atom is 0.139 e. The van der Waals surface area contributed by atoms with Crippen LogP contribution in [-0.2, 0) is 6.54 Å². The Hall–Kier alpha value is -1.75. The number of anilines is 1. The smallest absolute Gasteiger partial charge is 0.139 e. The highest BCUT2D eigenvalue weighted by atomic mass is 79.9. The largest absolute Gasteiger partial charge is 0.497 e. The SMILES string of the molecule is COc1ccc(OC)c(CNc2ccc(Br)c(F)c2)c1. The number of rotatable bonds is 5. The van der Waals surface area contributed by atoms with Gasteiger partial charge in [-0.1, -0.05) is 0 Å². The summed E-state index contributed by atoms with van der Waals surface area (Å²) in [6.07, 6.45) is 0. The first-order valence-electron chi connectivity index (χ1n) is 6.04. The summed E-state index contributed by atoms with van der Waals surface area (Å²) >= 11 is 3.13. The molecule has 0 atom stereocenters. The minimum Gasteiger partial charge on any atom is -0.497 e. The van der Waals surface area contributed by atoms with Crippen molar-refractivity contribution in [1.29, 1.82) is 0 Å². The Morgan fingerprint density at radius 3 is 2.55 bits per heavy atom. The maximum atomic E-state index is 13.4. The Labute approximate surface area is 125 Å². The second-order valence-corrected chi connectivity index (χ2v) is 5.01. The van der Waals surface area contributed by atoms with Crippen LogP contribution in [0.2, 0.25) is 0 Å². The van der Waals surface area contributed by atoms with E-state index in [9.17, 15) is 4.39 Å². The fourth-order valence-electron chi connectivity index (χ4n) is 1.82. The number of hydrogen-bond donors (Lipinski definition) is 1. The molecule has 2 rings (SSSR count). The monoisotopic (exact) mass is 339 g/mol. The summed E-state index contributed by atoms with van der Waals surface area (Å²) in [5.41, 5.74) is 1.64. The Morgan fingerprint density at radius 1 is 1.10 bits per heavy atom. The van der Waals surface area contributed by atoms with Gasteiger partial charge in [0.2, 0.25) is 0 Å². The van der Waals surface area contributed by atoms with Gasteiger partial charge in [0, 0.05) is 17.8 Å². The van der Waals surface area contributed by atoms with Crippen molar-refractivity contribution in [2.75, 3.05) is 19.5 Å². The minimum atomic E-state index is -0.299. The summed E-state index contributed by atoms with van der Waals surface area (Å²) in [6.45, 7) is 0.515. The molecule has 106 valence electrons. The highest BCUT2D eigenvalue weighted by molar-refractivity contribution is 9.10. The Balaban J connectivity index is 2.15. The predicted octanol–water partition coefficient (Wildman–Crippen LogP) is 4.22. The van der Waals surface area contributed by atoms with Crippen LogP contribution in [0.1, 0.15) is 5.56 Å². The Morgan fingerprint density at radius 2 is 1.90 bits per heavy atom. The van der Waals surface area contributed by atoms with Gasteiger partial charge in [0.1, 0.15) is 17.3 Å². The van der Waals surface area contributed by atoms with Gasteiger partial charge in [-0.15, -0.1) is 0 Å². The molecule has 2 aromatic carbocycles. The molecule has 20 heavy (non-hydrogen) atoms. The van der Waals surface area contributed by atoms with Crippen LogP contribution in [0.4, 0.5) is 10.1 Å². The third-order valence-electron chi connectivity index (χ3n) is 2.89. The van der Waals surface area contributed by atoms with Gasteiger partial charge in [0.05, 0.1) is 18.7 Å². The standard InChI is InChI=1S/C15H15BrFNO2/c1-19-12-4-6-15(20-2)10(7-12)9-18-11-3-5-13(16)14(17)8-11/h3-8,18H,9H2,1-2H3. The zero-order valence-electron chi connectivity index (χ0n) is 11.2. The molecular weight excluding hydrogens is 325 g/mol. The van der Waals surface area contributed by atoms with Crippen LogP contribution in [0.25, 0.3) is 0 Å². The third-order valence-corrected chi connectivity index (χ3v) is 3.53. The summed E-state index contributed by atoms with van der Waals surface area (Å²) in [5, 5.41) is 3.16. The molecule has 0 amide bonds. The second-order valence-electron chi connectivity index (χ2n) is 4.16. The molecule has 0 bridgehead atoms. The minimum absolute atomic E-state index is 0.299. The van der Waals surface area contributed by atoms with Crippen molar-refractivity contribution < 1.29 is 13.9 Å². The van der Waals surface area contributed by atoms with Gasteiger partial charge in [0.15, 0.2) is 0 Å². The Bertz CT molecular complexity index is 604. The molecule has 0 saturated heterocycles. The molecule has 1 N–H and O–H groups in total. The van der Waals surface area contributed by atoms with E-state index in [0.717, 1.165) is 17.1 Å². The van der Waals surface area contributed by atoms with E-state index in [-0.39, 0.29) is 5.82 Å². The topological polar surface area (TPSA) is 30.5 Å². The lowest BCUT2D eigenvalue weighted by Gasteiger charge is -2.12.